The third-order valence-corrected chi connectivity index (χ3v) is 5.61. The Labute approximate surface area is 182 Å². The summed E-state index contributed by atoms with van der Waals surface area (Å²) in [7, 11) is 0. The molecule has 3 rings (SSSR count). The standard InChI is InChI=1S/C21H20ClFN4O2S/c1-5-10-29-20(28)25-12-6-7-14(23)13(11-12)16-17(15-8-9-24-19(22)26-15)30-18(27-16)21(2,3)4/h5-9,11H,1,10H2,2-4H3,(H,25,28). The fourth-order valence-electron chi connectivity index (χ4n) is 2.53. The molecular formula is C21H20ClFN4O2S. The number of hydrogen-bond acceptors (Lipinski definition) is 6. The molecule has 2 aromatic heterocycles. The lowest BCUT2D eigenvalue weighted by Crippen LogP contribution is -2.13. The van der Waals surface area contributed by atoms with Crippen LogP contribution in [0.3, 0.4) is 0 Å². The molecule has 3 aromatic rings. The van der Waals surface area contributed by atoms with Crippen LogP contribution in [0.4, 0.5) is 14.9 Å². The zero-order valence-electron chi connectivity index (χ0n) is 16.7. The number of amides is 1. The molecule has 0 aliphatic heterocycles. The molecule has 30 heavy (non-hydrogen) atoms. The van der Waals surface area contributed by atoms with Crippen molar-refractivity contribution < 1.29 is 13.9 Å². The molecule has 1 amide bonds. The molecule has 0 saturated heterocycles. The molecular weight excluding hydrogens is 427 g/mol. The van der Waals surface area contributed by atoms with Gasteiger partial charge in [0.15, 0.2) is 0 Å². The monoisotopic (exact) mass is 446 g/mol. The van der Waals surface area contributed by atoms with E-state index in [0.717, 1.165) is 5.01 Å². The first kappa shape index (κ1) is 21.9. The van der Waals surface area contributed by atoms with Gasteiger partial charge in [0.1, 0.15) is 12.4 Å². The summed E-state index contributed by atoms with van der Waals surface area (Å²) in [6.45, 7) is 9.63. The van der Waals surface area contributed by atoms with Crippen LogP contribution in [0.2, 0.25) is 5.28 Å². The number of nitrogens with zero attached hydrogens (tertiary/aromatic N) is 3. The van der Waals surface area contributed by atoms with Crippen LogP contribution in [0.15, 0.2) is 43.1 Å². The molecule has 6 nitrogen and oxygen atoms in total. The van der Waals surface area contributed by atoms with Crippen molar-refractivity contribution in [2.24, 2.45) is 0 Å². The van der Waals surface area contributed by atoms with E-state index in [2.05, 4.69) is 21.9 Å². The van der Waals surface area contributed by atoms with Crippen LogP contribution in [-0.2, 0) is 10.2 Å². The van der Waals surface area contributed by atoms with E-state index >= 15 is 0 Å². The van der Waals surface area contributed by atoms with Crippen molar-refractivity contribution in [3.8, 4) is 21.8 Å². The normalized spacial score (nSPS) is 11.2. The average Bonchev–Trinajstić information content (AvgIpc) is 3.13. The number of hydrogen-bond donors (Lipinski definition) is 1. The van der Waals surface area contributed by atoms with Crippen LogP contribution in [0, 0.1) is 5.82 Å². The summed E-state index contributed by atoms with van der Waals surface area (Å²) in [5.41, 5.74) is 1.31. The first-order valence-corrected chi connectivity index (χ1v) is 10.2. The van der Waals surface area contributed by atoms with Crippen molar-refractivity contribution in [2.45, 2.75) is 26.2 Å². The number of carbonyl (C=O) groups is 1. The van der Waals surface area contributed by atoms with Gasteiger partial charge in [-0.3, -0.25) is 5.32 Å². The fourth-order valence-corrected chi connectivity index (χ4v) is 3.79. The Morgan fingerprint density at radius 3 is 2.77 bits per heavy atom. The van der Waals surface area contributed by atoms with Crippen molar-refractivity contribution in [1.82, 2.24) is 15.0 Å². The SMILES string of the molecule is C=CCOC(=O)Nc1ccc(F)c(-c2nc(C(C)(C)C)sc2-c2ccnc(Cl)n2)c1. The summed E-state index contributed by atoms with van der Waals surface area (Å²) in [4.78, 5) is 25.4. The Hall–Kier alpha value is -2.84. The van der Waals surface area contributed by atoms with E-state index in [1.165, 1.54) is 41.8 Å². The zero-order chi connectivity index (χ0) is 21.9. The Morgan fingerprint density at radius 1 is 1.33 bits per heavy atom. The van der Waals surface area contributed by atoms with Gasteiger partial charge in [0.2, 0.25) is 5.28 Å². The molecule has 1 aromatic carbocycles. The highest BCUT2D eigenvalue weighted by atomic mass is 35.5. The van der Waals surface area contributed by atoms with Crippen LogP contribution < -0.4 is 5.32 Å². The summed E-state index contributed by atoms with van der Waals surface area (Å²) in [6, 6.07) is 5.93. The largest absolute Gasteiger partial charge is 0.445 e. The molecule has 156 valence electrons. The van der Waals surface area contributed by atoms with Gasteiger partial charge >= 0.3 is 6.09 Å². The summed E-state index contributed by atoms with van der Waals surface area (Å²) in [5.74, 6) is -0.479. The number of anilines is 1. The molecule has 9 heteroatoms. The minimum atomic E-state index is -0.663. The van der Waals surface area contributed by atoms with E-state index in [-0.39, 0.29) is 22.9 Å². The predicted octanol–water partition coefficient (Wildman–Crippen LogP) is 6.09. The number of benzene rings is 1. The van der Waals surface area contributed by atoms with E-state index in [4.69, 9.17) is 21.3 Å². The molecule has 0 fully saturated rings. The van der Waals surface area contributed by atoms with Crippen molar-refractivity contribution in [3.05, 3.63) is 59.2 Å². The maximum atomic E-state index is 14.8. The van der Waals surface area contributed by atoms with E-state index in [0.29, 0.717) is 22.0 Å². The lowest BCUT2D eigenvalue weighted by atomic mass is 9.98. The van der Waals surface area contributed by atoms with Gasteiger partial charge in [-0.25, -0.2) is 24.1 Å². The van der Waals surface area contributed by atoms with E-state index < -0.39 is 11.9 Å². The third kappa shape index (κ3) is 5.01. The Kier molecular flexibility index (Phi) is 6.48. The van der Waals surface area contributed by atoms with E-state index in [9.17, 15) is 9.18 Å². The van der Waals surface area contributed by atoms with Crippen molar-refractivity contribution in [1.29, 1.82) is 0 Å². The number of ether oxygens (including phenoxy) is 1. The van der Waals surface area contributed by atoms with Gasteiger partial charge in [0, 0.05) is 22.9 Å². The van der Waals surface area contributed by atoms with Crippen molar-refractivity contribution in [2.75, 3.05) is 11.9 Å². The summed E-state index contributed by atoms with van der Waals surface area (Å²) in [5, 5.41) is 3.47. The van der Waals surface area contributed by atoms with Gasteiger partial charge in [-0.05, 0) is 35.9 Å². The molecule has 0 unspecified atom stereocenters. The first-order valence-electron chi connectivity index (χ1n) is 9.04. The summed E-state index contributed by atoms with van der Waals surface area (Å²) < 4.78 is 19.7. The van der Waals surface area contributed by atoms with Crippen molar-refractivity contribution >= 4 is 34.7 Å². The molecule has 1 N–H and O–H groups in total. The van der Waals surface area contributed by atoms with Crippen LogP contribution >= 0.6 is 22.9 Å². The molecule has 0 bridgehead atoms. The highest BCUT2D eigenvalue weighted by Crippen LogP contribution is 2.41. The molecule has 0 aliphatic rings. The maximum Gasteiger partial charge on any atom is 0.411 e. The lowest BCUT2D eigenvalue weighted by Gasteiger charge is -2.13. The van der Waals surface area contributed by atoms with Crippen LogP contribution in [-0.4, -0.2) is 27.7 Å². The zero-order valence-corrected chi connectivity index (χ0v) is 18.3. The highest BCUT2D eigenvalue weighted by Gasteiger charge is 2.25. The predicted molar refractivity (Wildman–Crippen MR) is 117 cm³/mol. The smallest absolute Gasteiger partial charge is 0.411 e. The van der Waals surface area contributed by atoms with Crippen molar-refractivity contribution in [3.63, 3.8) is 0 Å². The fraction of sp³-hybridized carbons (Fsp3) is 0.238. The summed E-state index contributed by atoms with van der Waals surface area (Å²) in [6.07, 6.45) is 2.33. The highest BCUT2D eigenvalue weighted by molar-refractivity contribution is 7.15. The molecule has 0 spiro atoms. The second-order valence-corrected chi connectivity index (χ2v) is 8.70. The van der Waals surface area contributed by atoms with Crippen LogP contribution in [0.5, 0.6) is 0 Å². The van der Waals surface area contributed by atoms with Gasteiger partial charge in [0.25, 0.3) is 0 Å². The molecule has 0 atom stereocenters. The van der Waals surface area contributed by atoms with Crippen LogP contribution in [0.1, 0.15) is 25.8 Å². The Bertz CT molecular complexity index is 1090. The van der Waals surface area contributed by atoms with E-state index in [1.54, 1.807) is 6.07 Å². The number of halogens is 2. The van der Waals surface area contributed by atoms with Gasteiger partial charge in [-0.1, -0.05) is 33.4 Å². The lowest BCUT2D eigenvalue weighted by molar-refractivity contribution is 0.174. The van der Waals surface area contributed by atoms with Crippen LogP contribution in [0.25, 0.3) is 21.8 Å². The third-order valence-electron chi connectivity index (χ3n) is 3.93. The van der Waals surface area contributed by atoms with Gasteiger partial charge in [-0.2, -0.15) is 0 Å². The minimum Gasteiger partial charge on any atom is -0.445 e. The molecule has 2 heterocycles. The second kappa shape index (κ2) is 8.89. The van der Waals surface area contributed by atoms with E-state index in [1.807, 2.05) is 20.8 Å². The Balaban J connectivity index is 2.10. The number of aromatic nitrogens is 3. The number of nitrogens with one attached hydrogen (secondary N) is 1. The molecule has 0 saturated carbocycles. The molecule has 0 aliphatic carbocycles. The maximum absolute atomic E-state index is 14.8. The first-order chi connectivity index (χ1) is 14.2. The Morgan fingerprint density at radius 2 is 2.10 bits per heavy atom. The van der Waals surface area contributed by atoms with Gasteiger partial charge in [0.05, 0.1) is 21.3 Å². The second-order valence-electron chi connectivity index (χ2n) is 7.36. The number of rotatable bonds is 5. The van der Waals surface area contributed by atoms with Gasteiger partial charge in [-0.15, -0.1) is 11.3 Å². The average molecular weight is 447 g/mol. The quantitative estimate of drug-likeness (QED) is 0.379. The topological polar surface area (TPSA) is 77.0 Å². The van der Waals surface area contributed by atoms with Gasteiger partial charge < -0.3 is 4.74 Å². The number of carbonyl (C=O) groups excluding carboxylic acids is 1. The summed E-state index contributed by atoms with van der Waals surface area (Å²) >= 11 is 7.38. The number of thiazole rings is 1. The molecule has 0 radical (unpaired) electrons. The minimum absolute atomic E-state index is 0.0690.